The van der Waals surface area contributed by atoms with Crippen molar-refractivity contribution in [2.24, 2.45) is 22.7 Å². The van der Waals surface area contributed by atoms with Crippen molar-refractivity contribution in [1.82, 2.24) is 10.7 Å². The van der Waals surface area contributed by atoms with Crippen molar-refractivity contribution in [1.29, 1.82) is 0 Å². The Kier molecular flexibility index (Phi) is 7.62. The SMILES string of the molecule is CCCC(C)(OC)C(NC(C)=O)C1CC(C(=O)O)CC1N=CNN. The summed E-state index contributed by atoms with van der Waals surface area (Å²) in [6.45, 7) is 5.45. The summed E-state index contributed by atoms with van der Waals surface area (Å²) in [4.78, 5) is 27.6. The van der Waals surface area contributed by atoms with Gasteiger partial charge in [-0.1, -0.05) is 13.3 Å². The lowest BCUT2D eigenvalue weighted by Gasteiger charge is -2.41. The number of hydrogen-bond acceptors (Lipinski definition) is 5. The summed E-state index contributed by atoms with van der Waals surface area (Å²) in [5, 5.41) is 12.4. The van der Waals surface area contributed by atoms with E-state index in [1.807, 2.05) is 13.8 Å². The number of methoxy groups -OCH3 is 1. The fourth-order valence-corrected chi connectivity index (χ4v) is 3.73. The number of hydrazine groups is 1. The van der Waals surface area contributed by atoms with Crippen LogP contribution in [0.15, 0.2) is 4.99 Å². The molecule has 1 saturated carbocycles. The number of nitrogens with zero attached hydrogens (tertiary/aromatic N) is 1. The minimum atomic E-state index is -0.838. The first-order valence-electron chi connectivity index (χ1n) is 8.31. The standard InChI is InChI=1S/C16H30N4O4/c1-5-6-16(3,24-4)14(20-10(2)21)12-7-11(15(22)23)8-13(12)18-9-19-17/h9,11-14H,5-8,17H2,1-4H3,(H,18,19)(H,20,21)(H,22,23). The number of carboxylic acids is 1. The number of amides is 1. The highest BCUT2D eigenvalue weighted by Gasteiger charge is 2.48. The van der Waals surface area contributed by atoms with Crippen molar-refractivity contribution in [2.75, 3.05) is 7.11 Å². The number of aliphatic carboxylic acids is 1. The maximum Gasteiger partial charge on any atom is 0.306 e. The molecule has 0 aromatic heterocycles. The molecule has 0 aromatic rings. The first-order valence-corrected chi connectivity index (χ1v) is 8.31. The molecule has 1 aliphatic carbocycles. The van der Waals surface area contributed by atoms with Gasteiger partial charge in [-0.25, -0.2) is 5.84 Å². The molecule has 8 heteroatoms. The first kappa shape index (κ1) is 20.4. The van der Waals surface area contributed by atoms with Crippen molar-refractivity contribution in [3.63, 3.8) is 0 Å². The molecular formula is C16H30N4O4. The summed E-state index contributed by atoms with van der Waals surface area (Å²) >= 11 is 0. The third-order valence-corrected chi connectivity index (χ3v) is 4.92. The van der Waals surface area contributed by atoms with E-state index in [1.54, 1.807) is 7.11 Å². The summed E-state index contributed by atoms with van der Waals surface area (Å²) in [7, 11) is 1.62. The van der Waals surface area contributed by atoms with Crippen molar-refractivity contribution in [2.45, 2.75) is 64.1 Å². The van der Waals surface area contributed by atoms with Crippen LogP contribution in [0.1, 0.15) is 46.5 Å². The van der Waals surface area contributed by atoms with Crippen LogP contribution in [0.5, 0.6) is 0 Å². The molecular weight excluding hydrogens is 312 g/mol. The zero-order valence-electron chi connectivity index (χ0n) is 14.9. The number of nitrogens with two attached hydrogens (primary N) is 1. The molecule has 1 amide bonds. The molecule has 1 rings (SSSR count). The van der Waals surface area contributed by atoms with Crippen LogP contribution in [0.3, 0.4) is 0 Å². The average molecular weight is 342 g/mol. The van der Waals surface area contributed by atoms with Gasteiger partial charge in [0.25, 0.3) is 0 Å². The monoisotopic (exact) mass is 342 g/mol. The van der Waals surface area contributed by atoms with Crippen LogP contribution in [0.2, 0.25) is 0 Å². The zero-order chi connectivity index (χ0) is 18.3. The van der Waals surface area contributed by atoms with Gasteiger partial charge in [-0.05, 0) is 26.2 Å². The van der Waals surface area contributed by atoms with Gasteiger partial charge in [0.2, 0.25) is 5.91 Å². The zero-order valence-corrected chi connectivity index (χ0v) is 14.9. The maximum absolute atomic E-state index is 11.8. The molecule has 0 aromatic carbocycles. The van der Waals surface area contributed by atoms with E-state index >= 15 is 0 Å². The second-order valence-corrected chi connectivity index (χ2v) is 6.63. The van der Waals surface area contributed by atoms with Crippen LogP contribution < -0.4 is 16.6 Å². The van der Waals surface area contributed by atoms with Gasteiger partial charge in [0, 0.05) is 20.0 Å². The Hall–Kier alpha value is -1.67. The van der Waals surface area contributed by atoms with Gasteiger partial charge in [-0.2, -0.15) is 0 Å². The lowest BCUT2D eigenvalue weighted by Crippen LogP contribution is -2.57. The molecule has 5 atom stereocenters. The molecule has 1 aliphatic rings. The summed E-state index contributed by atoms with van der Waals surface area (Å²) in [6.07, 6.45) is 3.86. The lowest BCUT2D eigenvalue weighted by molar-refractivity contribution is -0.141. The van der Waals surface area contributed by atoms with Gasteiger partial charge in [0.15, 0.2) is 0 Å². The first-order chi connectivity index (χ1) is 11.3. The number of aliphatic imine (C=N–C) groups is 1. The second kappa shape index (κ2) is 8.98. The van der Waals surface area contributed by atoms with E-state index in [-0.39, 0.29) is 23.9 Å². The number of carboxylic acid groups (broad SMARTS) is 1. The molecule has 0 spiro atoms. The molecule has 5 N–H and O–H groups in total. The molecule has 1 fully saturated rings. The Bertz CT molecular complexity index is 471. The van der Waals surface area contributed by atoms with Gasteiger partial charge < -0.3 is 20.6 Å². The van der Waals surface area contributed by atoms with Crippen LogP contribution in [-0.4, -0.2) is 48.1 Å². The summed E-state index contributed by atoms with van der Waals surface area (Å²) < 4.78 is 5.75. The molecule has 0 aliphatic heterocycles. The molecule has 24 heavy (non-hydrogen) atoms. The second-order valence-electron chi connectivity index (χ2n) is 6.63. The number of nitrogens with one attached hydrogen (secondary N) is 2. The van der Waals surface area contributed by atoms with Gasteiger partial charge >= 0.3 is 5.97 Å². The van der Waals surface area contributed by atoms with Gasteiger partial charge in [-0.15, -0.1) is 0 Å². The minimum Gasteiger partial charge on any atom is -0.481 e. The number of carbonyl (C=O) groups excluding carboxylic acids is 1. The Balaban J connectivity index is 3.18. The molecule has 0 radical (unpaired) electrons. The molecule has 5 unspecified atom stereocenters. The Morgan fingerprint density at radius 2 is 2.17 bits per heavy atom. The number of hydrogen-bond donors (Lipinski definition) is 4. The highest BCUT2D eigenvalue weighted by atomic mass is 16.5. The predicted molar refractivity (Wildman–Crippen MR) is 91.4 cm³/mol. The third-order valence-electron chi connectivity index (χ3n) is 4.92. The highest BCUT2D eigenvalue weighted by molar-refractivity contribution is 5.74. The number of carbonyl (C=O) groups is 2. The molecule has 0 saturated heterocycles. The van der Waals surface area contributed by atoms with E-state index in [0.717, 1.165) is 12.8 Å². The van der Waals surface area contributed by atoms with Crippen LogP contribution in [0.4, 0.5) is 0 Å². The summed E-state index contributed by atoms with van der Waals surface area (Å²) in [6, 6.07) is -0.574. The summed E-state index contributed by atoms with van der Waals surface area (Å²) in [5.41, 5.74) is 1.76. The minimum absolute atomic E-state index is 0.143. The van der Waals surface area contributed by atoms with Crippen molar-refractivity contribution in [3.8, 4) is 0 Å². The Morgan fingerprint density at radius 3 is 2.62 bits per heavy atom. The topological polar surface area (TPSA) is 126 Å². The van der Waals surface area contributed by atoms with Gasteiger partial charge in [0.1, 0.15) is 0 Å². The Labute approximate surface area is 143 Å². The van der Waals surface area contributed by atoms with E-state index in [1.165, 1.54) is 13.3 Å². The number of rotatable bonds is 9. The van der Waals surface area contributed by atoms with E-state index in [4.69, 9.17) is 10.6 Å². The van der Waals surface area contributed by atoms with E-state index in [9.17, 15) is 14.7 Å². The van der Waals surface area contributed by atoms with E-state index in [2.05, 4.69) is 15.7 Å². The normalized spacial score (nSPS) is 27.6. The molecule has 138 valence electrons. The molecule has 8 nitrogen and oxygen atoms in total. The van der Waals surface area contributed by atoms with Crippen LogP contribution in [0.25, 0.3) is 0 Å². The van der Waals surface area contributed by atoms with Crippen LogP contribution in [0, 0.1) is 11.8 Å². The fraction of sp³-hybridized carbons (Fsp3) is 0.812. The molecule has 0 bridgehead atoms. The van der Waals surface area contributed by atoms with E-state index < -0.39 is 17.5 Å². The van der Waals surface area contributed by atoms with Crippen molar-refractivity contribution < 1.29 is 19.4 Å². The fourth-order valence-electron chi connectivity index (χ4n) is 3.73. The lowest BCUT2D eigenvalue weighted by atomic mass is 9.79. The average Bonchev–Trinajstić information content (AvgIpc) is 2.94. The van der Waals surface area contributed by atoms with Crippen molar-refractivity contribution in [3.05, 3.63) is 0 Å². The Morgan fingerprint density at radius 1 is 1.50 bits per heavy atom. The smallest absolute Gasteiger partial charge is 0.306 e. The van der Waals surface area contributed by atoms with Crippen LogP contribution in [-0.2, 0) is 14.3 Å². The quantitative estimate of drug-likeness (QED) is 0.211. The molecule has 0 heterocycles. The predicted octanol–water partition coefficient (Wildman–Crippen LogP) is 0.667. The maximum atomic E-state index is 11.8. The highest BCUT2D eigenvalue weighted by Crippen LogP contribution is 2.40. The van der Waals surface area contributed by atoms with Gasteiger partial charge in [0.05, 0.1) is 29.9 Å². The number of ether oxygens (including phenoxy) is 1. The third kappa shape index (κ3) is 4.91. The largest absolute Gasteiger partial charge is 0.481 e. The van der Waals surface area contributed by atoms with Crippen LogP contribution >= 0.6 is 0 Å². The van der Waals surface area contributed by atoms with Gasteiger partial charge in [-0.3, -0.25) is 14.6 Å². The van der Waals surface area contributed by atoms with E-state index in [0.29, 0.717) is 12.8 Å². The van der Waals surface area contributed by atoms with Crippen molar-refractivity contribution >= 4 is 18.2 Å². The summed E-state index contributed by atoms with van der Waals surface area (Å²) in [5.74, 6) is 3.61.